The SMILES string of the molecule is CCCc1nc2ccc(Br)cc2c(=O)n1N=Cc1c(C)n(Cc2cccc([N+](=O)[O-])c2)c2ccccc12. The van der Waals surface area contributed by atoms with E-state index < -0.39 is 0 Å². The fourth-order valence-electron chi connectivity index (χ4n) is 4.59. The Kier molecular flexibility index (Phi) is 6.71. The molecule has 37 heavy (non-hydrogen) atoms. The molecule has 0 saturated heterocycles. The zero-order valence-corrected chi connectivity index (χ0v) is 22.0. The Bertz CT molecular complexity index is 1750. The monoisotopic (exact) mass is 557 g/mol. The summed E-state index contributed by atoms with van der Waals surface area (Å²) < 4.78 is 4.31. The Labute approximate surface area is 221 Å². The Balaban J connectivity index is 1.63. The van der Waals surface area contributed by atoms with Gasteiger partial charge in [-0.3, -0.25) is 14.9 Å². The van der Waals surface area contributed by atoms with Crippen LogP contribution in [0.4, 0.5) is 5.69 Å². The van der Waals surface area contributed by atoms with E-state index in [2.05, 4.69) is 25.6 Å². The van der Waals surface area contributed by atoms with E-state index in [9.17, 15) is 14.9 Å². The topological polar surface area (TPSA) is 95.3 Å². The van der Waals surface area contributed by atoms with Gasteiger partial charge in [-0.05, 0) is 43.2 Å². The van der Waals surface area contributed by atoms with Gasteiger partial charge in [-0.2, -0.15) is 9.78 Å². The molecule has 0 spiro atoms. The fraction of sp³-hybridized carbons (Fsp3) is 0.179. The van der Waals surface area contributed by atoms with Crippen molar-refractivity contribution >= 4 is 49.6 Å². The maximum atomic E-state index is 13.4. The molecule has 8 nitrogen and oxygen atoms in total. The lowest BCUT2D eigenvalue weighted by atomic mass is 10.1. The first-order valence-corrected chi connectivity index (χ1v) is 12.7. The van der Waals surface area contributed by atoms with Crippen molar-refractivity contribution in [2.75, 3.05) is 0 Å². The summed E-state index contributed by atoms with van der Waals surface area (Å²) in [5.74, 6) is 0.608. The first-order valence-electron chi connectivity index (χ1n) is 11.9. The lowest BCUT2D eigenvalue weighted by molar-refractivity contribution is -0.384. The summed E-state index contributed by atoms with van der Waals surface area (Å²) in [6, 6.07) is 20.1. The third-order valence-electron chi connectivity index (χ3n) is 6.39. The van der Waals surface area contributed by atoms with Crippen molar-refractivity contribution in [3.8, 4) is 0 Å². The van der Waals surface area contributed by atoms with Crippen LogP contribution in [0.5, 0.6) is 0 Å². The minimum atomic E-state index is -0.385. The number of hydrogen-bond acceptors (Lipinski definition) is 5. The molecule has 2 aromatic heterocycles. The maximum Gasteiger partial charge on any atom is 0.282 e. The van der Waals surface area contributed by atoms with Gasteiger partial charge in [0.2, 0.25) is 0 Å². The van der Waals surface area contributed by atoms with E-state index in [0.717, 1.165) is 38.6 Å². The number of benzene rings is 3. The molecule has 0 saturated carbocycles. The molecule has 5 rings (SSSR count). The second-order valence-electron chi connectivity index (χ2n) is 8.83. The quantitative estimate of drug-likeness (QED) is 0.135. The number of aryl methyl sites for hydroxylation is 1. The van der Waals surface area contributed by atoms with E-state index in [-0.39, 0.29) is 16.2 Å². The number of para-hydroxylation sites is 1. The highest BCUT2D eigenvalue weighted by molar-refractivity contribution is 9.10. The van der Waals surface area contributed by atoms with Crippen LogP contribution in [0.25, 0.3) is 21.8 Å². The van der Waals surface area contributed by atoms with Crippen molar-refractivity contribution in [1.29, 1.82) is 0 Å². The van der Waals surface area contributed by atoms with Gasteiger partial charge in [0.25, 0.3) is 11.2 Å². The highest BCUT2D eigenvalue weighted by atomic mass is 79.9. The zero-order valence-electron chi connectivity index (χ0n) is 20.4. The van der Waals surface area contributed by atoms with E-state index in [1.807, 2.05) is 56.3 Å². The van der Waals surface area contributed by atoms with Crippen molar-refractivity contribution in [2.24, 2.45) is 5.10 Å². The smallest absolute Gasteiger partial charge is 0.282 e. The van der Waals surface area contributed by atoms with Gasteiger partial charge >= 0.3 is 0 Å². The van der Waals surface area contributed by atoms with Crippen LogP contribution in [0, 0.1) is 17.0 Å². The minimum Gasteiger partial charge on any atom is -0.340 e. The summed E-state index contributed by atoms with van der Waals surface area (Å²) in [6.07, 6.45) is 3.16. The minimum absolute atomic E-state index is 0.0617. The summed E-state index contributed by atoms with van der Waals surface area (Å²) in [7, 11) is 0. The summed E-state index contributed by atoms with van der Waals surface area (Å²) in [4.78, 5) is 29.0. The average molecular weight is 558 g/mol. The van der Waals surface area contributed by atoms with Gasteiger partial charge < -0.3 is 4.57 Å². The Morgan fingerprint density at radius 3 is 2.68 bits per heavy atom. The Morgan fingerprint density at radius 2 is 1.89 bits per heavy atom. The van der Waals surface area contributed by atoms with Crippen molar-refractivity contribution in [3.63, 3.8) is 0 Å². The van der Waals surface area contributed by atoms with Crippen LogP contribution in [0.15, 0.2) is 81.1 Å². The number of non-ortho nitro benzene ring substituents is 1. The highest BCUT2D eigenvalue weighted by Gasteiger charge is 2.15. The first kappa shape index (κ1) is 24.6. The summed E-state index contributed by atoms with van der Waals surface area (Å²) in [5.41, 5.74) is 4.12. The van der Waals surface area contributed by atoms with Crippen molar-refractivity contribution < 1.29 is 4.92 Å². The van der Waals surface area contributed by atoms with Gasteiger partial charge in [0.05, 0.1) is 22.0 Å². The number of rotatable bonds is 7. The van der Waals surface area contributed by atoms with Gasteiger partial charge in [-0.25, -0.2) is 4.98 Å². The molecule has 0 aliphatic carbocycles. The molecule has 0 radical (unpaired) electrons. The molecule has 0 amide bonds. The second-order valence-corrected chi connectivity index (χ2v) is 9.75. The van der Waals surface area contributed by atoms with E-state index in [1.54, 1.807) is 24.4 Å². The molecule has 0 aliphatic rings. The number of aromatic nitrogens is 3. The Morgan fingerprint density at radius 1 is 1.08 bits per heavy atom. The molecule has 0 N–H and O–H groups in total. The molecular formula is C28H24BrN5O3. The van der Waals surface area contributed by atoms with Crippen LogP contribution < -0.4 is 5.56 Å². The lowest BCUT2D eigenvalue weighted by Gasteiger charge is -2.09. The molecule has 5 aromatic rings. The predicted molar refractivity (Wildman–Crippen MR) is 150 cm³/mol. The first-order chi connectivity index (χ1) is 17.9. The summed E-state index contributed by atoms with van der Waals surface area (Å²) in [5, 5.41) is 17.4. The van der Waals surface area contributed by atoms with Crippen LogP contribution >= 0.6 is 15.9 Å². The Hall–Kier alpha value is -4.11. The van der Waals surface area contributed by atoms with Gasteiger partial charge in [-0.1, -0.05) is 53.2 Å². The standard InChI is InChI=1S/C28H24BrN5O3/c1-3-7-27-31-25-13-12-20(29)15-23(25)28(35)33(27)30-16-24-18(2)32(26-11-5-4-10-22(24)26)17-19-8-6-9-21(14-19)34(36)37/h4-6,8-16H,3,7,17H2,1-2H3. The number of fused-ring (bicyclic) bond motifs is 2. The lowest BCUT2D eigenvalue weighted by Crippen LogP contribution is -2.22. The fourth-order valence-corrected chi connectivity index (χ4v) is 4.95. The number of nitro groups is 1. The number of nitro benzene ring substituents is 1. The molecule has 0 fully saturated rings. The van der Waals surface area contributed by atoms with Crippen molar-refractivity contribution in [3.05, 3.63) is 114 Å². The molecular weight excluding hydrogens is 534 g/mol. The number of hydrogen-bond donors (Lipinski definition) is 0. The van der Waals surface area contributed by atoms with Gasteiger partial charge in [0, 0.05) is 51.7 Å². The van der Waals surface area contributed by atoms with Crippen LogP contribution in [0.1, 0.15) is 36.0 Å². The van der Waals surface area contributed by atoms with Gasteiger partial charge in [0.1, 0.15) is 5.82 Å². The molecule has 186 valence electrons. The maximum absolute atomic E-state index is 13.4. The third-order valence-corrected chi connectivity index (χ3v) is 6.89. The van der Waals surface area contributed by atoms with Gasteiger partial charge in [0.15, 0.2) is 0 Å². The highest BCUT2D eigenvalue weighted by Crippen LogP contribution is 2.26. The van der Waals surface area contributed by atoms with E-state index in [4.69, 9.17) is 4.98 Å². The number of halogens is 1. The molecule has 0 bridgehead atoms. The zero-order chi connectivity index (χ0) is 26.1. The molecule has 0 atom stereocenters. The largest absolute Gasteiger partial charge is 0.340 e. The van der Waals surface area contributed by atoms with E-state index >= 15 is 0 Å². The van der Waals surface area contributed by atoms with E-state index in [0.29, 0.717) is 29.7 Å². The van der Waals surface area contributed by atoms with Gasteiger partial charge in [-0.15, -0.1) is 0 Å². The molecule has 0 aliphatic heterocycles. The second kappa shape index (κ2) is 10.1. The van der Waals surface area contributed by atoms with Crippen molar-refractivity contribution in [2.45, 2.75) is 33.2 Å². The average Bonchev–Trinajstić information content (AvgIpc) is 3.15. The molecule has 3 aromatic carbocycles. The van der Waals surface area contributed by atoms with E-state index in [1.165, 1.54) is 10.7 Å². The normalized spacial score (nSPS) is 11.6. The molecule has 0 unspecified atom stereocenters. The van der Waals surface area contributed by atoms with Crippen LogP contribution in [0.3, 0.4) is 0 Å². The molecule has 9 heteroatoms. The van der Waals surface area contributed by atoms with Crippen LogP contribution in [-0.2, 0) is 13.0 Å². The molecule has 2 heterocycles. The van der Waals surface area contributed by atoms with Crippen molar-refractivity contribution in [1.82, 2.24) is 14.2 Å². The number of nitrogens with zero attached hydrogens (tertiary/aromatic N) is 5. The predicted octanol–water partition coefficient (Wildman–Crippen LogP) is 6.21. The summed E-state index contributed by atoms with van der Waals surface area (Å²) in [6.45, 7) is 4.50. The van der Waals surface area contributed by atoms with Crippen LogP contribution in [-0.4, -0.2) is 25.4 Å². The third kappa shape index (κ3) is 4.70. The van der Waals surface area contributed by atoms with Crippen LogP contribution in [0.2, 0.25) is 0 Å². The summed E-state index contributed by atoms with van der Waals surface area (Å²) >= 11 is 3.44.